The van der Waals surface area contributed by atoms with Crippen LogP contribution in [-0.2, 0) is 26.0 Å². The molecular formula is C14H19Cl3OSTi+. The molecule has 20 heavy (non-hydrogen) atoms. The average Bonchev–Trinajstić information content (AvgIpc) is 2.35. The summed E-state index contributed by atoms with van der Waals surface area (Å²) in [5, 5.41) is 11.0. The summed E-state index contributed by atoms with van der Waals surface area (Å²) in [7, 11) is 14.9. The number of halogens is 3. The van der Waals surface area contributed by atoms with Gasteiger partial charge in [0.25, 0.3) is 0 Å². The van der Waals surface area contributed by atoms with Crippen LogP contribution in [0.15, 0.2) is 36.4 Å². The summed E-state index contributed by atoms with van der Waals surface area (Å²) in [6.45, 7) is 4.53. The van der Waals surface area contributed by atoms with E-state index in [0.29, 0.717) is 0 Å². The molecule has 1 nitrogen and oxygen atoms in total. The van der Waals surface area contributed by atoms with Gasteiger partial charge in [-0.05, 0) is 25.5 Å². The molecule has 1 aromatic carbocycles. The summed E-state index contributed by atoms with van der Waals surface area (Å²) in [6.07, 6.45) is 4.95. The van der Waals surface area contributed by atoms with Crippen LogP contribution in [0.5, 0.6) is 0 Å². The third-order valence-electron chi connectivity index (χ3n) is 2.27. The van der Waals surface area contributed by atoms with Gasteiger partial charge in [0.05, 0.1) is 0 Å². The summed E-state index contributed by atoms with van der Waals surface area (Å²) in [6, 6.07) is 10.2. The van der Waals surface area contributed by atoms with Crippen LogP contribution >= 0.6 is 27.9 Å². The second-order valence-electron chi connectivity index (χ2n) is 4.47. The van der Waals surface area contributed by atoms with Crippen molar-refractivity contribution >= 4 is 50.7 Å². The van der Waals surface area contributed by atoms with Crippen molar-refractivity contribution in [2.24, 2.45) is 0 Å². The zero-order valence-corrected chi connectivity index (χ0v) is 16.2. The van der Waals surface area contributed by atoms with Gasteiger partial charge in [0.1, 0.15) is 0 Å². The molecule has 0 radical (unpaired) electrons. The number of rotatable bonds is 5. The van der Waals surface area contributed by atoms with Crippen LogP contribution in [0.2, 0.25) is 0 Å². The third-order valence-corrected chi connectivity index (χ3v) is 3.40. The second-order valence-corrected chi connectivity index (χ2v) is 13.8. The summed E-state index contributed by atoms with van der Waals surface area (Å²) in [4.78, 5) is 0. The number of benzene rings is 1. The van der Waals surface area contributed by atoms with Crippen molar-refractivity contribution in [3.8, 4) is 0 Å². The van der Waals surface area contributed by atoms with E-state index < -0.39 is 14.7 Å². The SMILES string of the molecule is CC(C)(CCO)[S+]=C/C=C/c1ccccc1.[Cl][Ti]([Cl])[Cl]. The molecule has 1 aromatic rings. The van der Waals surface area contributed by atoms with Gasteiger partial charge in [0.15, 0.2) is 21.5 Å². The number of hydrogen-bond donors (Lipinski definition) is 1. The first-order chi connectivity index (χ1) is 9.37. The van der Waals surface area contributed by atoms with Crippen LogP contribution in [0.3, 0.4) is 0 Å². The van der Waals surface area contributed by atoms with Crippen molar-refractivity contribution in [3.63, 3.8) is 0 Å². The first-order valence-electron chi connectivity index (χ1n) is 6.04. The van der Waals surface area contributed by atoms with E-state index >= 15 is 0 Å². The Morgan fingerprint density at radius 2 is 1.75 bits per heavy atom. The Labute approximate surface area is 143 Å². The van der Waals surface area contributed by atoms with Crippen molar-refractivity contribution in [2.45, 2.75) is 25.0 Å². The van der Waals surface area contributed by atoms with Gasteiger partial charge in [-0.15, -0.1) is 0 Å². The zero-order valence-electron chi connectivity index (χ0n) is 11.5. The van der Waals surface area contributed by atoms with Crippen LogP contribution in [0, 0.1) is 0 Å². The molecule has 0 amide bonds. The minimum atomic E-state index is -1.92. The van der Waals surface area contributed by atoms with E-state index in [4.69, 9.17) is 33.0 Å². The Kier molecular flexibility index (Phi) is 12.5. The molecule has 0 spiro atoms. The quantitative estimate of drug-likeness (QED) is 0.332. The average molecular weight is 390 g/mol. The molecule has 0 heterocycles. The van der Waals surface area contributed by atoms with Gasteiger partial charge >= 0.3 is 42.6 Å². The van der Waals surface area contributed by atoms with E-state index in [2.05, 4.69) is 43.5 Å². The van der Waals surface area contributed by atoms with E-state index in [9.17, 15) is 0 Å². The molecule has 0 aromatic heterocycles. The van der Waals surface area contributed by atoms with E-state index in [1.807, 2.05) is 18.2 Å². The van der Waals surface area contributed by atoms with Crippen molar-refractivity contribution < 1.29 is 19.8 Å². The Hall–Kier alpha value is 0.594. The van der Waals surface area contributed by atoms with Gasteiger partial charge in [-0.2, -0.15) is 0 Å². The Morgan fingerprint density at radius 1 is 1.20 bits per heavy atom. The van der Waals surface area contributed by atoms with E-state index in [-0.39, 0.29) is 11.4 Å². The van der Waals surface area contributed by atoms with Crippen molar-refractivity contribution in [3.05, 3.63) is 42.0 Å². The number of aliphatic hydroxyl groups is 1. The van der Waals surface area contributed by atoms with E-state index in [1.54, 1.807) is 11.4 Å². The van der Waals surface area contributed by atoms with Gasteiger partial charge in [0.2, 0.25) is 0 Å². The molecule has 1 rings (SSSR count). The molecule has 0 bridgehead atoms. The van der Waals surface area contributed by atoms with Gasteiger partial charge < -0.3 is 5.11 Å². The fourth-order valence-electron chi connectivity index (χ4n) is 1.27. The molecule has 0 unspecified atom stereocenters. The molecule has 0 aliphatic carbocycles. The normalized spacial score (nSPS) is 11.5. The van der Waals surface area contributed by atoms with Gasteiger partial charge in [-0.1, -0.05) is 36.4 Å². The molecular weight excluding hydrogens is 370 g/mol. The molecule has 6 heteroatoms. The van der Waals surface area contributed by atoms with Gasteiger partial charge in [-0.3, -0.25) is 0 Å². The summed E-state index contributed by atoms with van der Waals surface area (Å²) < 4.78 is 0.107. The molecule has 0 saturated carbocycles. The van der Waals surface area contributed by atoms with Crippen LogP contribution in [-0.4, -0.2) is 21.8 Å². The maximum atomic E-state index is 8.89. The third kappa shape index (κ3) is 13.6. The van der Waals surface area contributed by atoms with Gasteiger partial charge in [0, 0.05) is 13.0 Å². The molecule has 111 valence electrons. The van der Waals surface area contributed by atoms with E-state index in [0.717, 1.165) is 6.42 Å². The van der Waals surface area contributed by atoms with Crippen LogP contribution < -0.4 is 0 Å². The number of hydrogen-bond acceptors (Lipinski definition) is 1. The van der Waals surface area contributed by atoms with Crippen molar-refractivity contribution in [1.82, 2.24) is 0 Å². The first-order valence-corrected chi connectivity index (χ1v) is 13.4. The molecule has 0 atom stereocenters. The van der Waals surface area contributed by atoms with Gasteiger partial charge in [-0.25, -0.2) is 0 Å². The minimum absolute atomic E-state index is 0.107. The second kappa shape index (κ2) is 12.2. The predicted molar refractivity (Wildman–Crippen MR) is 92.2 cm³/mol. The molecule has 0 fully saturated rings. The topological polar surface area (TPSA) is 20.2 Å². The summed E-state index contributed by atoms with van der Waals surface area (Å²) >= 11 is -0.166. The number of allylic oxidation sites excluding steroid dienone is 1. The zero-order chi connectivity index (χ0) is 15.4. The summed E-state index contributed by atoms with van der Waals surface area (Å²) in [5.41, 5.74) is 1.21. The monoisotopic (exact) mass is 388 g/mol. The molecule has 1 N–H and O–H groups in total. The van der Waals surface area contributed by atoms with Crippen LogP contribution in [0.4, 0.5) is 0 Å². The fraction of sp³-hybridized carbons (Fsp3) is 0.357. The predicted octanol–water partition coefficient (Wildman–Crippen LogP) is 4.81. The van der Waals surface area contributed by atoms with Crippen LogP contribution in [0.1, 0.15) is 25.8 Å². The van der Waals surface area contributed by atoms with Crippen molar-refractivity contribution in [2.75, 3.05) is 6.61 Å². The molecule has 0 aliphatic heterocycles. The van der Waals surface area contributed by atoms with Crippen molar-refractivity contribution in [1.29, 1.82) is 0 Å². The Morgan fingerprint density at radius 3 is 2.25 bits per heavy atom. The Bertz CT molecular complexity index is 405. The molecule has 0 saturated heterocycles. The fourth-order valence-corrected chi connectivity index (χ4v) is 2.00. The molecule has 0 aliphatic rings. The number of aliphatic hydroxyl groups excluding tert-OH is 1. The van der Waals surface area contributed by atoms with Crippen LogP contribution in [0.25, 0.3) is 6.08 Å². The maximum absolute atomic E-state index is 8.89. The first kappa shape index (κ1) is 20.6. The standard InChI is InChI=1S/C14H19OS.3ClH.Ti/c1-14(2,10-11-15)16-12-6-9-13-7-4-3-5-8-13;;;;/h3-9,12,15H,10-11H2,1-2H3;3*1H;/q+1;;;;+3/p-3/b9-6+;;;;. The summed E-state index contributed by atoms with van der Waals surface area (Å²) in [5.74, 6) is 0. The van der Waals surface area contributed by atoms with E-state index in [1.165, 1.54) is 5.56 Å². The Balaban J connectivity index is 0.000000796.